The van der Waals surface area contributed by atoms with Gasteiger partial charge in [-0.1, -0.05) is 11.6 Å². The number of anilines is 1. The summed E-state index contributed by atoms with van der Waals surface area (Å²) in [6.45, 7) is 2.31. The van der Waals surface area contributed by atoms with Gasteiger partial charge in [-0.05, 0) is 53.6 Å². The van der Waals surface area contributed by atoms with Gasteiger partial charge in [-0.3, -0.25) is 0 Å². The van der Waals surface area contributed by atoms with E-state index in [0.29, 0.717) is 0 Å². The summed E-state index contributed by atoms with van der Waals surface area (Å²) < 4.78 is 1.25. The van der Waals surface area contributed by atoms with E-state index >= 15 is 0 Å². The van der Waals surface area contributed by atoms with E-state index in [2.05, 4.69) is 33.6 Å². The second-order valence-corrected chi connectivity index (χ2v) is 4.94. The highest BCUT2D eigenvalue weighted by Crippen LogP contribution is 2.29. The van der Waals surface area contributed by atoms with Crippen LogP contribution in [0.5, 0.6) is 0 Å². The highest BCUT2D eigenvalue weighted by atomic mass is 127. The molecule has 0 spiro atoms. The van der Waals surface area contributed by atoms with Crippen molar-refractivity contribution in [3.63, 3.8) is 0 Å². The van der Waals surface area contributed by atoms with Crippen LogP contribution in [0.1, 0.15) is 12.8 Å². The summed E-state index contributed by atoms with van der Waals surface area (Å²) >= 11 is 8.45. The van der Waals surface area contributed by atoms with E-state index in [1.54, 1.807) is 0 Å². The van der Waals surface area contributed by atoms with Gasteiger partial charge in [-0.15, -0.1) is 0 Å². The Morgan fingerprint density at radius 3 is 2.62 bits per heavy atom. The molecule has 0 N–H and O–H groups in total. The molecule has 1 nitrogen and oxygen atoms in total. The van der Waals surface area contributed by atoms with Crippen molar-refractivity contribution >= 4 is 39.9 Å². The summed E-state index contributed by atoms with van der Waals surface area (Å²) in [6.07, 6.45) is 2.59. The zero-order valence-electron chi connectivity index (χ0n) is 7.26. The molecule has 0 aromatic heterocycles. The van der Waals surface area contributed by atoms with Crippen LogP contribution in [-0.4, -0.2) is 13.1 Å². The summed E-state index contributed by atoms with van der Waals surface area (Å²) in [6, 6.07) is 6.19. The van der Waals surface area contributed by atoms with E-state index in [4.69, 9.17) is 11.6 Å². The van der Waals surface area contributed by atoms with Crippen molar-refractivity contribution in [2.75, 3.05) is 18.0 Å². The molecule has 1 saturated heterocycles. The minimum atomic E-state index is 0.877. The molecule has 0 amide bonds. The maximum Gasteiger partial charge on any atom is 0.0640 e. The molecule has 0 atom stereocenters. The fourth-order valence-electron chi connectivity index (χ4n) is 1.69. The summed E-state index contributed by atoms with van der Waals surface area (Å²) in [4.78, 5) is 2.37. The number of benzene rings is 1. The molecule has 2 rings (SSSR count). The van der Waals surface area contributed by atoms with Crippen LogP contribution in [0.25, 0.3) is 0 Å². The molecule has 0 bridgehead atoms. The molecular formula is C10H11ClIN. The lowest BCUT2D eigenvalue weighted by molar-refractivity contribution is 0.949. The SMILES string of the molecule is Clc1ccc(I)cc1N1CCCC1. The van der Waals surface area contributed by atoms with Crippen molar-refractivity contribution in [1.29, 1.82) is 0 Å². The maximum atomic E-state index is 6.13. The minimum Gasteiger partial charge on any atom is -0.370 e. The molecule has 1 aromatic rings. The molecule has 1 heterocycles. The molecule has 1 aromatic carbocycles. The first-order valence-electron chi connectivity index (χ1n) is 4.47. The third kappa shape index (κ3) is 2.10. The minimum absolute atomic E-state index is 0.877. The first kappa shape index (κ1) is 9.59. The Morgan fingerprint density at radius 2 is 1.92 bits per heavy atom. The van der Waals surface area contributed by atoms with Gasteiger partial charge >= 0.3 is 0 Å². The summed E-state index contributed by atoms with van der Waals surface area (Å²) in [5.74, 6) is 0. The first-order valence-corrected chi connectivity index (χ1v) is 5.93. The monoisotopic (exact) mass is 307 g/mol. The van der Waals surface area contributed by atoms with E-state index in [-0.39, 0.29) is 0 Å². The standard InChI is InChI=1S/C10H11ClIN/c11-9-4-3-8(12)7-10(9)13-5-1-2-6-13/h3-4,7H,1-2,5-6H2. The third-order valence-electron chi connectivity index (χ3n) is 2.35. The van der Waals surface area contributed by atoms with Gasteiger partial charge < -0.3 is 4.90 Å². The lowest BCUT2D eigenvalue weighted by Crippen LogP contribution is -2.17. The summed E-state index contributed by atoms with van der Waals surface area (Å²) in [7, 11) is 0. The van der Waals surface area contributed by atoms with Crippen LogP contribution in [0.4, 0.5) is 5.69 Å². The first-order chi connectivity index (χ1) is 6.27. The summed E-state index contributed by atoms with van der Waals surface area (Å²) in [5, 5.41) is 0.877. The Morgan fingerprint density at radius 1 is 1.23 bits per heavy atom. The van der Waals surface area contributed by atoms with Gasteiger partial charge in [0, 0.05) is 16.7 Å². The molecule has 0 aliphatic carbocycles. The lowest BCUT2D eigenvalue weighted by Gasteiger charge is -2.19. The highest BCUT2D eigenvalue weighted by molar-refractivity contribution is 14.1. The molecular weight excluding hydrogens is 296 g/mol. The molecule has 3 heteroatoms. The maximum absolute atomic E-state index is 6.13. The topological polar surface area (TPSA) is 3.24 Å². The molecule has 0 unspecified atom stereocenters. The predicted molar refractivity (Wildman–Crippen MR) is 65.6 cm³/mol. The second-order valence-electron chi connectivity index (χ2n) is 3.29. The molecule has 13 heavy (non-hydrogen) atoms. The van der Waals surface area contributed by atoms with Crippen LogP contribution >= 0.6 is 34.2 Å². The van der Waals surface area contributed by atoms with Crippen molar-refractivity contribution < 1.29 is 0 Å². The van der Waals surface area contributed by atoms with E-state index < -0.39 is 0 Å². The van der Waals surface area contributed by atoms with Gasteiger partial charge in [0.15, 0.2) is 0 Å². The zero-order chi connectivity index (χ0) is 9.26. The van der Waals surface area contributed by atoms with Crippen LogP contribution in [0, 0.1) is 3.57 Å². The Bertz CT molecular complexity index is 308. The lowest BCUT2D eigenvalue weighted by atomic mass is 10.3. The number of hydrogen-bond donors (Lipinski definition) is 0. The number of halogens is 2. The summed E-state index contributed by atoms with van der Waals surface area (Å²) in [5.41, 5.74) is 1.20. The van der Waals surface area contributed by atoms with Gasteiger partial charge in [-0.25, -0.2) is 0 Å². The van der Waals surface area contributed by atoms with Crippen molar-refractivity contribution in [2.45, 2.75) is 12.8 Å². The Kier molecular flexibility index (Phi) is 2.99. The highest BCUT2D eigenvalue weighted by Gasteiger charge is 2.14. The third-order valence-corrected chi connectivity index (χ3v) is 3.35. The molecule has 1 aliphatic heterocycles. The number of nitrogens with zero attached hydrogens (tertiary/aromatic N) is 1. The molecule has 70 valence electrons. The quantitative estimate of drug-likeness (QED) is 0.717. The zero-order valence-corrected chi connectivity index (χ0v) is 10.2. The second kappa shape index (κ2) is 4.05. The Balaban J connectivity index is 2.32. The average molecular weight is 308 g/mol. The van der Waals surface area contributed by atoms with Crippen LogP contribution in [0.3, 0.4) is 0 Å². The normalized spacial score (nSPS) is 16.6. The molecule has 1 aliphatic rings. The Labute approximate surface area is 97.2 Å². The van der Waals surface area contributed by atoms with Crippen molar-refractivity contribution in [3.8, 4) is 0 Å². The smallest absolute Gasteiger partial charge is 0.0640 e. The van der Waals surface area contributed by atoms with Gasteiger partial charge in [-0.2, -0.15) is 0 Å². The predicted octanol–water partition coefficient (Wildman–Crippen LogP) is 3.54. The van der Waals surface area contributed by atoms with Crippen LogP contribution in [0.15, 0.2) is 18.2 Å². The van der Waals surface area contributed by atoms with Crippen LogP contribution in [0.2, 0.25) is 5.02 Å². The van der Waals surface area contributed by atoms with Crippen LogP contribution < -0.4 is 4.90 Å². The Hall–Kier alpha value is 0.0400. The van der Waals surface area contributed by atoms with Gasteiger partial charge in [0.1, 0.15) is 0 Å². The van der Waals surface area contributed by atoms with Crippen molar-refractivity contribution in [1.82, 2.24) is 0 Å². The van der Waals surface area contributed by atoms with Gasteiger partial charge in [0.2, 0.25) is 0 Å². The van der Waals surface area contributed by atoms with E-state index in [1.165, 1.54) is 22.1 Å². The molecule has 0 saturated carbocycles. The van der Waals surface area contributed by atoms with E-state index in [9.17, 15) is 0 Å². The van der Waals surface area contributed by atoms with E-state index in [1.807, 2.05) is 12.1 Å². The van der Waals surface area contributed by atoms with Gasteiger partial charge in [0.05, 0.1) is 10.7 Å². The fraction of sp³-hybridized carbons (Fsp3) is 0.400. The molecule has 1 fully saturated rings. The van der Waals surface area contributed by atoms with E-state index in [0.717, 1.165) is 18.1 Å². The van der Waals surface area contributed by atoms with Crippen LogP contribution in [-0.2, 0) is 0 Å². The van der Waals surface area contributed by atoms with Crippen molar-refractivity contribution in [2.24, 2.45) is 0 Å². The number of hydrogen-bond acceptors (Lipinski definition) is 1. The van der Waals surface area contributed by atoms with Crippen molar-refractivity contribution in [3.05, 3.63) is 26.8 Å². The average Bonchev–Trinajstić information content (AvgIpc) is 2.61. The largest absolute Gasteiger partial charge is 0.370 e. The molecule has 0 radical (unpaired) electrons. The fourth-order valence-corrected chi connectivity index (χ4v) is 2.40. The number of rotatable bonds is 1. The van der Waals surface area contributed by atoms with Gasteiger partial charge in [0.25, 0.3) is 0 Å².